The largest absolute Gasteiger partial charge is 0.534 e. The first-order valence-corrected chi connectivity index (χ1v) is 8.75. The maximum atomic E-state index is 12.0. The molecule has 0 bridgehead atoms. The van der Waals surface area contributed by atoms with Crippen LogP contribution in [0.4, 0.5) is 4.79 Å². The second-order valence-electron chi connectivity index (χ2n) is 6.41. The highest BCUT2D eigenvalue weighted by molar-refractivity contribution is 5.79. The quantitative estimate of drug-likeness (QED) is 0.687. The Labute approximate surface area is 156 Å². The molecule has 3 aromatic rings. The fourth-order valence-electron chi connectivity index (χ4n) is 3.51. The molecule has 1 aliphatic carbocycles. The zero-order chi connectivity index (χ0) is 19.0. The fraction of sp³-hybridized carbons (Fsp3) is 0.190. The molecule has 4 rings (SSSR count). The van der Waals surface area contributed by atoms with Gasteiger partial charge in [-0.2, -0.15) is 0 Å². The normalized spacial score (nSPS) is 14.5. The second kappa shape index (κ2) is 6.72. The van der Waals surface area contributed by atoms with Gasteiger partial charge in [-0.3, -0.25) is 4.84 Å². The Morgan fingerprint density at radius 2 is 1.70 bits per heavy atom. The summed E-state index contributed by atoms with van der Waals surface area (Å²) >= 11 is 0. The van der Waals surface area contributed by atoms with E-state index >= 15 is 0 Å². The number of hydrogen-bond acceptors (Lipinski definition) is 5. The van der Waals surface area contributed by atoms with Gasteiger partial charge in [-0.1, -0.05) is 49.4 Å². The lowest BCUT2D eigenvalue weighted by Gasteiger charge is -2.15. The van der Waals surface area contributed by atoms with Crippen molar-refractivity contribution >= 4 is 6.16 Å². The molecule has 0 amide bonds. The number of aryl methyl sites for hydroxylation is 1. The highest BCUT2D eigenvalue weighted by Gasteiger charge is 2.30. The molecule has 6 heteroatoms. The Balaban J connectivity index is 1.56. The number of aromatic hydroxyl groups is 2. The van der Waals surface area contributed by atoms with E-state index in [0.717, 1.165) is 28.7 Å². The van der Waals surface area contributed by atoms with E-state index in [2.05, 4.69) is 31.2 Å². The van der Waals surface area contributed by atoms with E-state index < -0.39 is 17.9 Å². The van der Waals surface area contributed by atoms with Gasteiger partial charge in [0.25, 0.3) is 0 Å². The van der Waals surface area contributed by atoms with Crippen LogP contribution >= 0.6 is 0 Å². The molecule has 6 nitrogen and oxygen atoms in total. The zero-order valence-electron chi connectivity index (χ0n) is 14.8. The number of aromatic nitrogens is 1. The Kier molecular flexibility index (Phi) is 4.24. The van der Waals surface area contributed by atoms with Gasteiger partial charge < -0.3 is 14.9 Å². The maximum Gasteiger partial charge on any atom is 0.534 e. The van der Waals surface area contributed by atoms with Gasteiger partial charge >= 0.3 is 6.16 Å². The van der Waals surface area contributed by atoms with Crippen LogP contribution in [0.25, 0.3) is 11.1 Å². The molecule has 0 saturated carbocycles. The molecule has 1 aromatic heterocycles. The minimum absolute atomic E-state index is 0.0953. The van der Waals surface area contributed by atoms with E-state index in [1.165, 1.54) is 17.7 Å². The number of nitrogens with zero attached hydrogens (tertiary/aromatic N) is 1. The van der Waals surface area contributed by atoms with Crippen LogP contribution in [0, 0.1) is 0 Å². The van der Waals surface area contributed by atoms with Crippen LogP contribution in [0.5, 0.6) is 11.8 Å². The van der Waals surface area contributed by atoms with Crippen molar-refractivity contribution in [3.63, 3.8) is 0 Å². The molecule has 0 saturated heterocycles. The predicted octanol–water partition coefficient (Wildman–Crippen LogP) is 3.84. The summed E-state index contributed by atoms with van der Waals surface area (Å²) in [6.07, 6.45) is -0.0832. The molecular weight excluding hydrogens is 346 g/mol. The average Bonchev–Trinajstić information content (AvgIpc) is 3.17. The highest BCUT2D eigenvalue weighted by Crippen LogP contribution is 2.45. The molecule has 1 unspecified atom stereocenters. The number of hydrogen-bond donors (Lipinski definition) is 2. The number of carbonyl (C=O) groups excluding carboxylic acids is 1. The molecule has 1 aliphatic rings. The van der Waals surface area contributed by atoms with Crippen LogP contribution in [-0.2, 0) is 11.2 Å². The monoisotopic (exact) mass is 365 g/mol. The summed E-state index contributed by atoms with van der Waals surface area (Å²) in [6.45, 7) is 2.20. The third-order valence-corrected chi connectivity index (χ3v) is 4.86. The summed E-state index contributed by atoms with van der Waals surface area (Å²) < 4.78 is 5.90. The van der Waals surface area contributed by atoms with Crippen molar-refractivity contribution < 1.29 is 24.6 Å². The van der Waals surface area contributed by atoms with E-state index in [0.29, 0.717) is 4.73 Å². The lowest BCUT2D eigenvalue weighted by Crippen LogP contribution is -2.22. The minimum Gasteiger partial charge on any atom is -0.492 e. The van der Waals surface area contributed by atoms with E-state index in [4.69, 9.17) is 9.57 Å². The Hall–Kier alpha value is -3.41. The second-order valence-corrected chi connectivity index (χ2v) is 6.41. The maximum absolute atomic E-state index is 12.0. The number of ether oxygens (including phenoxy) is 1. The van der Waals surface area contributed by atoms with Crippen LogP contribution in [0.15, 0.2) is 54.6 Å². The predicted molar refractivity (Wildman–Crippen MR) is 98.8 cm³/mol. The molecule has 0 aliphatic heterocycles. The Morgan fingerprint density at radius 3 is 2.44 bits per heavy atom. The van der Waals surface area contributed by atoms with Gasteiger partial charge in [-0.15, -0.1) is 4.73 Å². The van der Waals surface area contributed by atoms with E-state index in [1.54, 1.807) is 0 Å². The average molecular weight is 365 g/mol. The van der Waals surface area contributed by atoms with Crippen molar-refractivity contribution in [2.45, 2.75) is 19.3 Å². The van der Waals surface area contributed by atoms with E-state index in [1.807, 2.05) is 18.2 Å². The summed E-state index contributed by atoms with van der Waals surface area (Å²) in [4.78, 5) is 16.9. The molecule has 0 radical (unpaired) electrons. The molecule has 1 atom stereocenters. The van der Waals surface area contributed by atoms with E-state index in [-0.39, 0.29) is 12.5 Å². The third-order valence-electron chi connectivity index (χ3n) is 4.86. The van der Waals surface area contributed by atoms with Gasteiger partial charge in [0.15, 0.2) is 0 Å². The SMILES string of the molecule is CCc1ccc2c(c1)C(COC(=O)On1c(O)ccc1O)c1ccccc1-2. The fourth-order valence-corrected chi connectivity index (χ4v) is 3.51. The van der Waals surface area contributed by atoms with Gasteiger partial charge in [0.1, 0.15) is 6.61 Å². The number of benzene rings is 2. The van der Waals surface area contributed by atoms with Gasteiger partial charge in [-0.05, 0) is 34.2 Å². The lowest BCUT2D eigenvalue weighted by molar-refractivity contribution is 0.0341. The standard InChI is InChI=1S/C21H19NO5/c1-2-13-7-8-16-14-5-3-4-6-15(14)18(17(16)11-13)12-26-21(25)27-22-19(23)9-10-20(22)24/h3-11,18,23-24H,2,12H2,1H3. The molecular formula is C21H19NO5. The van der Waals surface area contributed by atoms with Crippen LogP contribution < -0.4 is 4.84 Å². The number of carbonyl (C=O) groups is 1. The zero-order valence-corrected chi connectivity index (χ0v) is 14.8. The van der Waals surface area contributed by atoms with Crippen LogP contribution in [0.3, 0.4) is 0 Å². The van der Waals surface area contributed by atoms with Crippen molar-refractivity contribution in [3.05, 3.63) is 71.3 Å². The molecule has 0 spiro atoms. The molecule has 2 N–H and O–H groups in total. The molecule has 27 heavy (non-hydrogen) atoms. The van der Waals surface area contributed by atoms with Crippen molar-refractivity contribution in [1.29, 1.82) is 0 Å². The first-order chi connectivity index (χ1) is 13.1. The van der Waals surface area contributed by atoms with Crippen LogP contribution in [-0.4, -0.2) is 27.7 Å². The summed E-state index contributed by atoms with van der Waals surface area (Å²) in [6, 6.07) is 16.8. The lowest BCUT2D eigenvalue weighted by atomic mass is 9.96. The van der Waals surface area contributed by atoms with Crippen molar-refractivity contribution in [2.75, 3.05) is 6.61 Å². The number of fused-ring (bicyclic) bond motifs is 3. The van der Waals surface area contributed by atoms with Crippen molar-refractivity contribution in [1.82, 2.24) is 4.73 Å². The summed E-state index contributed by atoms with van der Waals surface area (Å²) in [7, 11) is 0. The van der Waals surface area contributed by atoms with Gasteiger partial charge in [0, 0.05) is 18.1 Å². The van der Waals surface area contributed by atoms with Crippen LogP contribution in [0.1, 0.15) is 29.5 Å². The topological polar surface area (TPSA) is 80.9 Å². The van der Waals surface area contributed by atoms with E-state index in [9.17, 15) is 15.0 Å². The Morgan fingerprint density at radius 1 is 1.00 bits per heavy atom. The summed E-state index contributed by atoms with van der Waals surface area (Å²) in [5.74, 6) is -0.885. The van der Waals surface area contributed by atoms with Crippen LogP contribution in [0.2, 0.25) is 0 Å². The van der Waals surface area contributed by atoms with Crippen molar-refractivity contribution in [2.24, 2.45) is 0 Å². The molecule has 138 valence electrons. The molecule has 1 heterocycles. The summed E-state index contributed by atoms with van der Waals surface area (Å²) in [5.41, 5.74) is 5.72. The van der Waals surface area contributed by atoms with Gasteiger partial charge in [-0.25, -0.2) is 4.79 Å². The van der Waals surface area contributed by atoms with Crippen molar-refractivity contribution in [3.8, 4) is 22.9 Å². The highest BCUT2D eigenvalue weighted by atomic mass is 16.8. The summed E-state index contributed by atoms with van der Waals surface area (Å²) in [5, 5.41) is 19.1. The first-order valence-electron chi connectivity index (χ1n) is 8.75. The van der Waals surface area contributed by atoms with Gasteiger partial charge in [0.05, 0.1) is 0 Å². The minimum atomic E-state index is -1.01. The molecule has 2 aromatic carbocycles. The first kappa shape index (κ1) is 17.0. The number of rotatable bonds is 4. The molecule has 0 fully saturated rings. The smallest absolute Gasteiger partial charge is 0.492 e. The Bertz CT molecular complexity index is 988. The third kappa shape index (κ3) is 2.99. The van der Waals surface area contributed by atoms with Gasteiger partial charge in [0.2, 0.25) is 11.8 Å².